The Morgan fingerprint density at radius 3 is 2.74 bits per heavy atom. The highest BCUT2D eigenvalue weighted by Crippen LogP contribution is 2.28. The molecular weight excluding hydrogens is 289 g/mol. The number of anilines is 1. The maximum Gasteiger partial charge on any atom is 0.337 e. The van der Waals surface area contributed by atoms with Gasteiger partial charge >= 0.3 is 5.97 Å². The van der Waals surface area contributed by atoms with Gasteiger partial charge in [-0.3, -0.25) is 0 Å². The van der Waals surface area contributed by atoms with Crippen molar-refractivity contribution in [2.45, 2.75) is 6.54 Å². The fourth-order valence-electron chi connectivity index (χ4n) is 1.83. The number of aromatic carboxylic acids is 1. The summed E-state index contributed by atoms with van der Waals surface area (Å²) < 4.78 is 14.5. The molecule has 3 nitrogen and oxygen atoms in total. The van der Waals surface area contributed by atoms with Crippen LogP contribution in [0.15, 0.2) is 30.3 Å². The Labute approximate surface area is 118 Å². The van der Waals surface area contributed by atoms with Gasteiger partial charge in [0.2, 0.25) is 0 Å². The number of thiophene rings is 1. The van der Waals surface area contributed by atoms with E-state index in [1.807, 2.05) is 6.07 Å². The van der Waals surface area contributed by atoms with Crippen LogP contribution in [0.3, 0.4) is 0 Å². The van der Waals surface area contributed by atoms with E-state index in [1.54, 1.807) is 18.0 Å². The zero-order valence-corrected chi connectivity index (χ0v) is 11.6. The van der Waals surface area contributed by atoms with Gasteiger partial charge in [0.1, 0.15) is 5.82 Å². The first-order valence-electron chi connectivity index (χ1n) is 5.46. The minimum absolute atomic E-state index is 0.0508. The molecule has 0 unspecified atom stereocenters. The standard InChI is InChI=1S/C13H11ClFNO2S/c1-16(7-8-5-6-11(14)19-8)12-9(13(17)18)3-2-4-10(12)15/h2-6H,7H2,1H3,(H,17,18). The maximum atomic E-state index is 13.8. The Hall–Kier alpha value is -1.59. The highest BCUT2D eigenvalue weighted by molar-refractivity contribution is 7.16. The van der Waals surface area contributed by atoms with Gasteiger partial charge in [-0.15, -0.1) is 11.3 Å². The lowest BCUT2D eigenvalue weighted by Crippen LogP contribution is -2.20. The van der Waals surface area contributed by atoms with Crippen molar-refractivity contribution in [2.75, 3.05) is 11.9 Å². The average Bonchev–Trinajstić information content (AvgIpc) is 2.74. The molecule has 0 bridgehead atoms. The Bertz CT molecular complexity index is 614. The van der Waals surface area contributed by atoms with Crippen molar-refractivity contribution in [1.82, 2.24) is 0 Å². The summed E-state index contributed by atoms with van der Waals surface area (Å²) in [6.07, 6.45) is 0. The van der Waals surface area contributed by atoms with Crippen LogP contribution in [0.2, 0.25) is 4.34 Å². The van der Waals surface area contributed by atoms with E-state index in [-0.39, 0.29) is 11.3 Å². The van der Waals surface area contributed by atoms with Crippen LogP contribution in [0.25, 0.3) is 0 Å². The van der Waals surface area contributed by atoms with Gasteiger partial charge < -0.3 is 10.0 Å². The first kappa shape index (κ1) is 13.8. The van der Waals surface area contributed by atoms with E-state index >= 15 is 0 Å². The van der Waals surface area contributed by atoms with Crippen molar-refractivity contribution in [2.24, 2.45) is 0 Å². The van der Waals surface area contributed by atoms with Gasteiger partial charge in [0.15, 0.2) is 0 Å². The molecule has 1 aromatic carbocycles. The smallest absolute Gasteiger partial charge is 0.337 e. The summed E-state index contributed by atoms with van der Waals surface area (Å²) in [6.45, 7) is 0.401. The fraction of sp³-hybridized carbons (Fsp3) is 0.154. The number of carboxylic acid groups (broad SMARTS) is 1. The lowest BCUT2D eigenvalue weighted by molar-refractivity contribution is 0.0697. The first-order valence-corrected chi connectivity index (χ1v) is 6.65. The lowest BCUT2D eigenvalue weighted by atomic mass is 10.1. The minimum atomic E-state index is -1.15. The number of benzene rings is 1. The number of halogens is 2. The van der Waals surface area contributed by atoms with Crippen LogP contribution in [0, 0.1) is 5.82 Å². The molecule has 0 saturated carbocycles. The topological polar surface area (TPSA) is 40.5 Å². The number of hydrogen-bond donors (Lipinski definition) is 1. The summed E-state index contributed by atoms with van der Waals surface area (Å²) >= 11 is 7.22. The number of nitrogens with zero attached hydrogens (tertiary/aromatic N) is 1. The Balaban J connectivity index is 2.32. The van der Waals surface area contributed by atoms with Crippen LogP contribution in [-0.4, -0.2) is 18.1 Å². The molecule has 1 heterocycles. The third-order valence-electron chi connectivity index (χ3n) is 2.62. The monoisotopic (exact) mass is 299 g/mol. The van der Waals surface area contributed by atoms with Crippen molar-refractivity contribution in [3.63, 3.8) is 0 Å². The molecular formula is C13H11ClFNO2S. The van der Waals surface area contributed by atoms with E-state index in [0.717, 1.165) is 4.88 Å². The Morgan fingerprint density at radius 2 is 2.16 bits per heavy atom. The van der Waals surface area contributed by atoms with Gasteiger partial charge in [-0.25, -0.2) is 9.18 Å². The molecule has 2 aromatic rings. The lowest BCUT2D eigenvalue weighted by Gasteiger charge is -2.21. The first-order chi connectivity index (χ1) is 8.99. The molecule has 0 aliphatic heterocycles. The number of rotatable bonds is 4. The van der Waals surface area contributed by atoms with Crippen LogP contribution in [0.1, 0.15) is 15.2 Å². The van der Waals surface area contributed by atoms with Crippen LogP contribution < -0.4 is 4.90 Å². The predicted octanol–water partition coefficient (Wildman–Crippen LogP) is 3.88. The Kier molecular flexibility index (Phi) is 4.07. The highest BCUT2D eigenvalue weighted by atomic mass is 35.5. The second kappa shape index (κ2) is 5.59. The molecule has 0 spiro atoms. The summed E-state index contributed by atoms with van der Waals surface area (Å²) in [5, 5.41) is 9.10. The molecule has 0 atom stereocenters. The second-order valence-corrected chi connectivity index (χ2v) is 5.80. The van der Waals surface area contributed by atoms with Gasteiger partial charge in [-0.1, -0.05) is 17.7 Å². The largest absolute Gasteiger partial charge is 0.478 e. The van der Waals surface area contributed by atoms with Gasteiger partial charge in [-0.2, -0.15) is 0 Å². The zero-order valence-electron chi connectivity index (χ0n) is 10.1. The van der Waals surface area contributed by atoms with E-state index in [2.05, 4.69) is 0 Å². The number of carboxylic acids is 1. The fourth-order valence-corrected chi connectivity index (χ4v) is 2.97. The number of carbonyl (C=O) groups is 1. The van der Waals surface area contributed by atoms with Crippen molar-refractivity contribution < 1.29 is 14.3 Å². The molecule has 0 aliphatic carbocycles. The quantitative estimate of drug-likeness (QED) is 0.931. The number of hydrogen-bond acceptors (Lipinski definition) is 3. The van der Waals surface area contributed by atoms with E-state index < -0.39 is 11.8 Å². The molecule has 6 heteroatoms. The predicted molar refractivity (Wildman–Crippen MR) is 74.8 cm³/mol. The molecule has 0 aliphatic rings. The maximum absolute atomic E-state index is 13.8. The average molecular weight is 300 g/mol. The molecule has 0 radical (unpaired) electrons. The number of para-hydroxylation sites is 1. The van der Waals surface area contributed by atoms with E-state index in [9.17, 15) is 9.18 Å². The molecule has 0 fully saturated rings. The van der Waals surface area contributed by atoms with Gasteiger partial charge in [0, 0.05) is 11.9 Å². The summed E-state index contributed by atoms with van der Waals surface area (Å²) in [5.74, 6) is -1.70. The second-order valence-electron chi connectivity index (χ2n) is 4.00. The van der Waals surface area contributed by atoms with Crippen LogP contribution in [0.5, 0.6) is 0 Å². The van der Waals surface area contributed by atoms with Crippen molar-refractivity contribution >= 4 is 34.6 Å². The van der Waals surface area contributed by atoms with Crippen molar-refractivity contribution in [3.05, 3.63) is 50.9 Å². The summed E-state index contributed by atoms with van der Waals surface area (Å²) in [7, 11) is 1.65. The minimum Gasteiger partial charge on any atom is -0.478 e. The van der Waals surface area contributed by atoms with Crippen molar-refractivity contribution in [1.29, 1.82) is 0 Å². The van der Waals surface area contributed by atoms with Crippen molar-refractivity contribution in [3.8, 4) is 0 Å². The molecule has 2 rings (SSSR count). The molecule has 1 aromatic heterocycles. The molecule has 0 saturated heterocycles. The normalized spacial score (nSPS) is 10.5. The van der Waals surface area contributed by atoms with Crippen LogP contribution in [0.4, 0.5) is 10.1 Å². The van der Waals surface area contributed by atoms with Crippen LogP contribution >= 0.6 is 22.9 Å². The van der Waals surface area contributed by atoms with E-state index in [4.69, 9.17) is 16.7 Å². The molecule has 0 amide bonds. The summed E-state index contributed by atoms with van der Waals surface area (Å²) in [6, 6.07) is 7.62. The zero-order chi connectivity index (χ0) is 14.0. The molecule has 1 N–H and O–H groups in total. The van der Waals surface area contributed by atoms with E-state index in [0.29, 0.717) is 10.9 Å². The summed E-state index contributed by atoms with van der Waals surface area (Å²) in [4.78, 5) is 13.6. The van der Waals surface area contributed by atoms with Gasteiger partial charge in [-0.05, 0) is 24.3 Å². The molecule has 100 valence electrons. The highest BCUT2D eigenvalue weighted by Gasteiger charge is 2.18. The summed E-state index contributed by atoms with van der Waals surface area (Å²) in [5.41, 5.74) is 0.0321. The van der Waals surface area contributed by atoms with Gasteiger partial charge in [0.25, 0.3) is 0 Å². The third-order valence-corrected chi connectivity index (χ3v) is 3.84. The van der Waals surface area contributed by atoms with Crippen LogP contribution in [-0.2, 0) is 6.54 Å². The third kappa shape index (κ3) is 3.05. The van der Waals surface area contributed by atoms with E-state index in [1.165, 1.54) is 29.5 Å². The molecule has 19 heavy (non-hydrogen) atoms. The SMILES string of the molecule is CN(Cc1ccc(Cl)s1)c1c(F)cccc1C(=O)O. The van der Waals surface area contributed by atoms with Gasteiger partial charge in [0.05, 0.1) is 22.1 Å². The Morgan fingerprint density at radius 1 is 1.42 bits per heavy atom.